The highest BCUT2D eigenvalue weighted by Gasteiger charge is 2.42. The highest BCUT2D eigenvalue weighted by molar-refractivity contribution is 8.00. The Morgan fingerprint density at radius 2 is 1.67 bits per heavy atom. The van der Waals surface area contributed by atoms with E-state index in [1.54, 1.807) is 0 Å². The molecule has 0 saturated carbocycles. The average Bonchev–Trinajstić information content (AvgIpc) is 2.40. The normalized spacial score (nSPS) is 24.6. The number of nitrogens with zero attached hydrogens (tertiary/aromatic N) is 2. The second kappa shape index (κ2) is 4.99. The van der Waals surface area contributed by atoms with Crippen LogP contribution in [0.2, 0.25) is 0 Å². The molecular formula is C12H14N2O3S. The zero-order valence-electron chi connectivity index (χ0n) is 10.1. The van der Waals surface area contributed by atoms with Crippen LogP contribution in [-0.2, 0) is 9.59 Å². The molecule has 2 amide bonds. The molecular weight excluding hydrogens is 252 g/mol. The molecule has 6 heteroatoms. The fourth-order valence-corrected chi connectivity index (χ4v) is 2.78. The van der Waals surface area contributed by atoms with Crippen LogP contribution in [0.5, 0.6) is 0 Å². The molecule has 0 radical (unpaired) electrons. The Hall–Kier alpha value is -1.53. The molecule has 2 rings (SSSR count). The third kappa shape index (κ3) is 2.21. The van der Waals surface area contributed by atoms with Crippen molar-refractivity contribution in [1.29, 1.82) is 0 Å². The number of piperazine rings is 1. The van der Waals surface area contributed by atoms with E-state index in [1.165, 1.54) is 30.8 Å². The van der Waals surface area contributed by atoms with E-state index < -0.39 is 17.5 Å². The molecule has 1 aliphatic heterocycles. The molecule has 1 N–H and O–H groups in total. The van der Waals surface area contributed by atoms with Gasteiger partial charge in [-0.15, -0.1) is 0 Å². The molecule has 1 heterocycles. The molecule has 18 heavy (non-hydrogen) atoms. The van der Waals surface area contributed by atoms with Crippen molar-refractivity contribution in [2.24, 2.45) is 0 Å². The number of hydrogen-bond acceptors (Lipinski definition) is 4. The molecule has 2 unspecified atom stereocenters. The Kier molecular flexibility index (Phi) is 3.58. The maximum absolute atomic E-state index is 12.0. The van der Waals surface area contributed by atoms with Gasteiger partial charge in [0.1, 0.15) is 0 Å². The minimum Gasteiger partial charge on any atom is -0.365 e. The quantitative estimate of drug-likeness (QED) is 0.839. The molecule has 1 aromatic rings. The van der Waals surface area contributed by atoms with Crippen LogP contribution in [0.1, 0.15) is 0 Å². The number of aliphatic hydroxyl groups excluding tert-OH is 1. The lowest BCUT2D eigenvalue weighted by Gasteiger charge is -2.38. The highest BCUT2D eigenvalue weighted by atomic mass is 32.2. The van der Waals surface area contributed by atoms with Crippen molar-refractivity contribution >= 4 is 23.6 Å². The van der Waals surface area contributed by atoms with Crippen LogP contribution >= 0.6 is 11.8 Å². The minimum absolute atomic E-state index is 0.279. The molecule has 1 fully saturated rings. The van der Waals surface area contributed by atoms with Crippen molar-refractivity contribution in [2.75, 3.05) is 14.1 Å². The van der Waals surface area contributed by atoms with Gasteiger partial charge < -0.3 is 14.9 Å². The summed E-state index contributed by atoms with van der Waals surface area (Å²) in [5.41, 5.74) is 0. The van der Waals surface area contributed by atoms with Crippen LogP contribution in [-0.4, -0.2) is 52.4 Å². The molecule has 96 valence electrons. The predicted molar refractivity (Wildman–Crippen MR) is 67.6 cm³/mol. The van der Waals surface area contributed by atoms with E-state index in [1.807, 2.05) is 30.3 Å². The lowest BCUT2D eigenvalue weighted by molar-refractivity contribution is -0.168. The first kappa shape index (κ1) is 12.9. The Labute approximate surface area is 109 Å². The van der Waals surface area contributed by atoms with Gasteiger partial charge in [0.2, 0.25) is 6.23 Å². The van der Waals surface area contributed by atoms with Crippen LogP contribution in [0.25, 0.3) is 0 Å². The molecule has 1 aliphatic rings. The summed E-state index contributed by atoms with van der Waals surface area (Å²) in [5.74, 6) is -0.746. The van der Waals surface area contributed by atoms with Crippen LogP contribution in [0, 0.1) is 0 Å². The number of benzene rings is 1. The third-order valence-electron chi connectivity index (χ3n) is 2.84. The Bertz CT molecular complexity index is 466. The summed E-state index contributed by atoms with van der Waals surface area (Å²) in [6.45, 7) is 0. The van der Waals surface area contributed by atoms with Gasteiger partial charge >= 0.3 is 0 Å². The number of hydrogen-bond donors (Lipinski definition) is 1. The predicted octanol–water partition coefficient (Wildman–Crippen LogP) is 0.354. The SMILES string of the molecule is CN1C(=O)C(Sc2ccccc2)N(C)C(=O)C1O. The van der Waals surface area contributed by atoms with Gasteiger partial charge in [0.25, 0.3) is 11.8 Å². The first-order valence-corrected chi connectivity index (χ1v) is 6.33. The number of thioether (sulfide) groups is 1. The van der Waals surface area contributed by atoms with E-state index in [0.717, 1.165) is 9.80 Å². The monoisotopic (exact) mass is 266 g/mol. The maximum Gasteiger partial charge on any atom is 0.273 e. The Balaban J connectivity index is 2.21. The fraction of sp³-hybridized carbons (Fsp3) is 0.333. The van der Waals surface area contributed by atoms with Crippen molar-refractivity contribution in [3.63, 3.8) is 0 Å². The van der Waals surface area contributed by atoms with Gasteiger partial charge in [0.05, 0.1) is 0 Å². The van der Waals surface area contributed by atoms with Gasteiger partial charge in [-0.3, -0.25) is 9.59 Å². The summed E-state index contributed by atoms with van der Waals surface area (Å²) >= 11 is 1.29. The van der Waals surface area contributed by atoms with Crippen LogP contribution in [0.15, 0.2) is 35.2 Å². The molecule has 0 spiro atoms. The number of carbonyl (C=O) groups is 2. The van der Waals surface area contributed by atoms with Gasteiger partial charge in [0, 0.05) is 19.0 Å². The van der Waals surface area contributed by atoms with E-state index in [9.17, 15) is 14.7 Å². The molecule has 0 aliphatic carbocycles. The maximum atomic E-state index is 12.0. The van der Waals surface area contributed by atoms with Crippen LogP contribution in [0.3, 0.4) is 0 Å². The smallest absolute Gasteiger partial charge is 0.273 e. The second-order valence-corrected chi connectivity index (χ2v) is 5.21. The van der Waals surface area contributed by atoms with E-state index >= 15 is 0 Å². The largest absolute Gasteiger partial charge is 0.365 e. The van der Waals surface area contributed by atoms with Crippen molar-refractivity contribution in [3.8, 4) is 0 Å². The van der Waals surface area contributed by atoms with Crippen molar-refractivity contribution in [3.05, 3.63) is 30.3 Å². The molecule has 0 bridgehead atoms. The minimum atomic E-state index is -1.38. The Morgan fingerprint density at radius 3 is 2.28 bits per heavy atom. The van der Waals surface area contributed by atoms with Gasteiger partial charge in [-0.1, -0.05) is 30.0 Å². The zero-order valence-corrected chi connectivity index (χ0v) is 10.9. The Morgan fingerprint density at radius 1 is 1.06 bits per heavy atom. The third-order valence-corrected chi connectivity index (χ3v) is 4.12. The summed E-state index contributed by atoms with van der Waals surface area (Å²) in [6, 6.07) is 9.38. The van der Waals surface area contributed by atoms with E-state index in [-0.39, 0.29) is 5.91 Å². The van der Waals surface area contributed by atoms with Crippen molar-refractivity contribution in [2.45, 2.75) is 16.5 Å². The van der Waals surface area contributed by atoms with Crippen molar-refractivity contribution < 1.29 is 14.7 Å². The first-order valence-electron chi connectivity index (χ1n) is 5.45. The molecule has 2 atom stereocenters. The second-order valence-electron chi connectivity index (χ2n) is 4.06. The number of rotatable bonds is 2. The van der Waals surface area contributed by atoms with Crippen LogP contribution in [0.4, 0.5) is 0 Å². The van der Waals surface area contributed by atoms with E-state index in [2.05, 4.69) is 0 Å². The summed E-state index contributed by atoms with van der Waals surface area (Å²) in [5, 5.41) is 8.94. The van der Waals surface area contributed by atoms with Crippen molar-refractivity contribution in [1.82, 2.24) is 9.80 Å². The summed E-state index contributed by atoms with van der Waals surface area (Å²) < 4.78 is 0. The average molecular weight is 266 g/mol. The van der Waals surface area contributed by atoms with E-state index in [0.29, 0.717) is 0 Å². The lowest BCUT2D eigenvalue weighted by atomic mass is 10.3. The highest BCUT2D eigenvalue weighted by Crippen LogP contribution is 2.29. The fourth-order valence-electron chi connectivity index (χ4n) is 1.68. The van der Waals surface area contributed by atoms with Crippen LogP contribution < -0.4 is 0 Å². The van der Waals surface area contributed by atoms with Gasteiger partial charge in [-0.25, -0.2) is 0 Å². The summed E-state index contributed by atoms with van der Waals surface area (Å²) in [4.78, 5) is 27.1. The number of carbonyl (C=O) groups excluding carboxylic acids is 2. The van der Waals surface area contributed by atoms with Gasteiger partial charge in [-0.05, 0) is 12.1 Å². The lowest BCUT2D eigenvalue weighted by Crippen LogP contribution is -2.61. The zero-order chi connectivity index (χ0) is 13.3. The van der Waals surface area contributed by atoms with E-state index in [4.69, 9.17) is 0 Å². The standard InChI is InChI=1S/C12H14N2O3S/c1-13-9(15)10(16)14(2)12(11(13)17)18-8-6-4-3-5-7-8/h3-7,9,12,15H,1-2H3. The van der Waals surface area contributed by atoms with Gasteiger partial charge in [0.15, 0.2) is 5.37 Å². The topological polar surface area (TPSA) is 60.9 Å². The first-order chi connectivity index (χ1) is 8.52. The summed E-state index contributed by atoms with van der Waals surface area (Å²) in [6.07, 6.45) is -1.38. The number of aliphatic hydroxyl groups is 1. The molecule has 1 saturated heterocycles. The molecule has 5 nitrogen and oxygen atoms in total. The summed E-state index contributed by atoms with van der Waals surface area (Å²) in [7, 11) is 2.95. The number of likely N-dealkylation sites (N-methyl/N-ethyl adjacent to an activating group) is 2. The molecule has 1 aromatic carbocycles. The molecule has 0 aromatic heterocycles. The number of amides is 2. The van der Waals surface area contributed by atoms with Gasteiger partial charge in [-0.2, -0.15) is 0 Å².